The summed E-state index contributed by atoms with van der Waals surface area (Å²) in [7, 11) is -2.23. The van der Waals surface area contributed by atoms with Gasteiger partial charge in [0.2, 0.25) is 10.0 Å². The van der Waals surface area contributed by atoms with Crippen molar-refractivity contribution < 1.29 is 47.9 Å². The first kappa shape index (κ1) is 45.7. The number of nitrogens with one attached hydrogen (secondary N) is 4. The van der Waals surface area contributed by atoms with Crippen molar-refractivity contribution in [3.63, 3.8) is 0 Å². The average molecular weight is 915 g/mol. The summed E-state index contributed by atoms with van der Waals surface area (Å²) in [5.74, 6) is -0.132. The number of fused-ring (bicyclic) bond motifs is 1. The van der Waals surface area contributed by atoms with Gasteiger partial charge >= 0.3 is 18.5 Å². The maximum absolute atomic E-state index is 14.5. The number of halogens is 9. The van der Waals surface area contributed by atoms with Gasteiger partial charge in [0.1, 0.15) is 16.6 Å². The summed E-state index contributed by atoms with van der Waals surface area (Å²) in [5, 5.41) is 32.4. The Bertz CT molecular complexity index is 2570. The lowest BCUT2D eigenvalue weighted by Crippen LogP contribution is -2.47. The normalized spacial score (nSPS) is 19.7. The molecule has 2 saturated heterocycles. The van der Waals surface area contributed by atoms with Crippen molar-refractivity contribution in [2.45, 2.75) is 88.6 Å². The van der Waals surface area contributed by atoms with E-state index in [4.69, 9.17) is 0 Å². The molecule has 0 radical (unpaired) electrons. The summed E-state index contributed by atoms with van der Waals surface area (Å²) in [6.07, 6.45) is -10.8. The molecule has 0 bridgehead atoms. The first-order valence-corrected chi connectivity index (χ1v) is 21.7. The van der Waals surface area contributed by atoms with E-state index < -0.39 is 62.6 Å². The fourth-order valence-electron chi connectivity index (χ4n) is 8.09. The van der Waals surface area contributed by atoms with Gasteiger partial charge in [-0.1, -0.05) is 6.07 Å². The quantitative estimate of drug-likeness (QED) is 0.0955. The number of benzene rings is 2. The minimum atomic E-state index is -4.94. The average Bonchev–Trinajstić information content (AvgIpc) is 3.68. The highest BCUT2D eigenvalue weighted by atomic mass is 32.2. The number of H-pyrrole nitrogens is 1. The molecule has 14 nitrogen and oxygen atoms in total. The van der Waals surface area contributed by atoms with Crippen molar-refractivity contribution >= 4 is 38.4 Å². The van der Waals surface area contributed by atoms with E-state index in [1.807, 2.05) is 4.90 Å². The molecule has 340 valence electrons. The van der Waals surface area contributed by atoms with Crippen molar-refractivity contribution in [2.24, 2.45) is 0 Å². The predicted molar refractivity (Wildman–Crippen MR) is 216 cm³/mol. The van der Waals surface area contributed by atoms with Gasteiger partial charge < -0.3 is 15.5 Å². The summed E-state index contributed by atoms with van der Waals surface area (Å²) < 4.78 is 152. The Morgan fingerprint density at radius 2 is 1.38 bits per heavy atom. The van der Waals surface area contributed by atoms with Gasteiger partial charge in [-0.3, -0.25) is 9.62 Å². The van der Waals surface area contributed by atoms with Crippen LogP contribution in [-0.4, -0.2) is 111 Å². The van der Waals surface area contributed by atoms with Crippen LogP contribution >= 0.6 is 0 Å². The lowest BCUT2D eigenvalue weighted by molar-refractivity contribution is -0.138. The Morgan fingerprint density at radius 1 is 0.746 bits per heavy atom. The van der Waals surface area contributed by atoms with Gasteiger partial charge in [-0.05, 0) is 95.9 Å². The predicted octanol–water partition coefficient (Wildman–Crippen LogP) is 7.70. The van der Waals surface area contributed by atoms with Gasteiger partial charge in [-0.15, -0.1) is 20.4 Å². The standard InChI is InChI=1S/C39H43F9N12O2S/c1-20(2)60-13-5-6-23(19-60)49-35-21(15-30(51-55-35)26-10-7-22(37(40,41)42)16-32(26)57-63(4,61)62)14-25-9-8-24(18-59(25)3)50-36-29(39(46,47)48)17-31(52-56-36)27-11-12-28(38(43,44)45)34-33(27)53-58-54-34/h7,10-12,15-17,20,23-25,57H,5-6,8-9,13-14,18-19H2,1-4H3,(H,49,55)(H,50,56)(H,53,54,58)/t23-,24-,25?/m1/s1. The molecule has 2 aromatic carbocycles. The number of likely N-dealkylation sites (N-methyl/N-ethyl adjacent to an activating group) is 1. The van der Waals surface area contributed by atoms with E-state index in [9.17, 15) is 47.9 Å². The van der Waals surface area contributed by atoms with Crippen LogP contribution in [0.25, 0.3) is 33.5 Å². The number of likely N-dealkylation sites (tertiary alicyclic amines) is 2. The number of piperidine rings is 2. The Labute approximate surface area is 355 Å². The largest absolute Gasteiger partial charge is 0.420 e. The molecule has 2 aliphatic rings. The smallest absolute Gasteiger partial charge is 0.364 e. The third kappa shape index (κ3) is 10.5. The molecule has 24 heteroatoms. The number of nitrogens with zero attached hydrogens (tertiary/aromatic N) is 8. The second-order valence-corrected chi connectivity index (χ2v) is 17.9. The second kappa shape index (κ2) is 17.3. The first-order chi connectivity index (χ1) is 29.4. The Hall–Kier alpha value is -5.36. The maximum atomic E-state index is 14.5. The summed E-state index contributed by atoms with van der Waals surface area (Å²) in [6, 6.07) is 6.19. The second-order valence-electron chi connectivity index (χ2n) is 16.2. The zero-order valence-corrected chi connectivity index (χ0v) is 35.0. The van der Waals surface area contributed by atoms with E-state index in [-0.39, 0.29) is 52.3 Å². The van der Waals surface area contributed by atoms with Gasteiger partial charge in [0.05, 0.1) is 34.5 Å². The van der Waals surface area contributed by atoms with Crippen LogP contribution in [0, 0.1) is 0 Å². The number of hydrogen-bond donors (Lipinski definition) is 4. The number of rotatable bonds is 11. The molecular formula is C39H43F9N12O2S. The van der Waals surface area contributed by atoms with Crippen LogP contribution < -0.4 is 15.4 Å². The highest BCUT2D eigenvalue weighted by molar-refractivity contribution is 7.92. The summed E-state index contributed by atoms with van der Waals surface area (Å²) in [6.45, 7) is 6.08. The molecule has 0 aliphatic carbocycles. The zero-order valence-electron chi connectivity index (χ0n) is 34.2. The number of aromatic nitrogens is 7. The van der Waals surface area contributed by atoms with E-state index in [1.165, 1.54) is 0 Å². The van der Waals surface area contributed by atoms with Gasteiger partial charge in [0.15, 0.2) is 11.6 Å². The number of sulfonamides is 1. The van der Waals surface area contributed by atoms with Crippen molar-refractivity contribution in [2.75, 3.05) is 48.3 Å². The lowest BCUT2D eigenvalue weighted by atomic mass is 9.93. The van der Waals surface area contributed by atoms with E-state index in [0.29, 0.717) is 54.9 Å². The molecule has 4 N–H and O–H groups in total. The van der Waals surface area contributed by atoms with Crippen LogP contribution in [0.3, 0.4) is 0 Å². The molecule has 63 heavy (non-hydrogen) atoms. The third-order valence-electron chi connectivity index (χ3n) is 11.2. The molecule has 7 rings (SSSR count). The highest BCUT2D eigenvalue weighted by Crippen LogP contribution is 2.41. The van der Waals surface area contributed by atoms with Gasteiger partial charge in [-0.2, -0.15) is 54.9 Å². The summed E-state index contributed by atoms with van der Waals surface area (Å²) in [5.41, 5.74) is -4.31. The number of aromatic amines is 1. The van der Waals surface area contributed by atoms with Gasteiger partial charge in [-0.25, -0.2) is 8.42 Å². The van der Waals surface area contributed by atoms with E-state index >= 15 is 0 Å². The number of alkyl halides is 9. The van der Waals surface area contributed by atoms with Crippen LogP contribution in [0.15, 0.2) is 42.5 Å². The minimum Gasteiger partial charge on any atom is -0.364 e. The first-order valence-electron chi connectivity index (χ1n) is 19.8. The molecule has 2 aliphatic heterocycles. The monoisotopic (exact) mass is 914 g/mol. The molecule has 3 aromatic heterocycles. The van der Waals surface area contributed by atoms with Crippen molar-refractivity contribution in [3.8, 4) is 22.5 Å². The number of anilines is 3. The van der Waals surface area contributed by atoms with Gasteiger partial charge in [0, 0.05) is 53.9 Å². The van der Waals surface area contributed by atoms with Gasteiger partial charge in [0.25, 0.3) is 0 Å². The fraction of sp³-hybridized carbons (Fsp3) is 0.487. The molecule has 0 saturated carbocycles. The molecule has 0 amide bonds. The molecule has 0 spiro atoms. The topological polar surface area (TPSA) is 170 Å². The zero-order chi connectivity index (χ0) is 45.6. The van der Waals surface area contributed by atoms with Crippen LogP contribution in [0.2, 0.25) is 0 Å². The van der Waals surface area contributed by atoms with E-state index in [2.05, 4.69) is 69.9 Å². The molecule has 1 unspecified atom stereocenters. The van der Waals surface area contributed by atoms with Crippen molar-refractivity contribution in [3.05, 3.63) is 64.7 Å². The minimum absolute atomic E-state index is 0.0113. The Morgan fingerprint density at radius 3 is 2.03 bits per heavy atom. The van der Waals surface area contributed by atoms with Crippen LogP contribution in [-0.2, 0) is 35.0 Å². The van der Waals surface area contributed by atoms with E-state index in [0.717, 1.165) is 50.4 Å². The Kier molecular flexibility index (Phi) is 12.5. The number of hydrogen-bond acceptors (Lipinski definition) is 12. The summed E-state index contributed by atoms with van der Waals surface area (Å²) >= 11 is 0. The molecule has 5 aromatic rings. The maximum Gasteiger partial charge on any atom is 0.420 e. The molecule has 5 heterocycles. The Balaban J connectivity index is 1.14. The van der Waals surface area contributed by atoms with Crippen molar-refractivity contribution in [1.82, 2.24) is 45.6 Å². The third-order valence-corrected chi connectivity index (χ3v) is 11.8. The molecule has 2 fully saturated rings. The van der Waals surface area contributed by atoms with Crippen molar-refractivity contribution in [1.29, 1.82) is 0 Å². The SMILES string of the molecule is CC(C)N1CCC[C@@H](Nc2nnc(-c3ccc(C(F)(F)F)cc3NS(C)(=O)=O)cc2CC2CC[C@@H](Nc3nnc(-c4ccc(C(F)(F)F)c5n[nH]nc45)cc3C(F)(F)F)CN2C)C1. The lowest BCUT2D eigenvalue weighted by Gasteiger charge is -2.38. The van der Waals surface area contributed by atoms with E-state index in [1.54, 1.807) is 13.1 Å². The highest BCUT2D eigenvalue weighted by Gasteiger charge is 2.39. The molecular weight excluding hydrogens is 872 g/mol. The van der Waals surface area contributed by atoms with Crippen LogP contribution in [0.4, 0.5) is 56.8 Å². The van der Waals surface area contributed by atoms with Crippen LogP contribution in [0.1, 0.15) is 61.8 Å². The molecule has 3 atom stereocenters. The summed E-state index contributed by atoms with van der Waals surface area (Å²) in [4.78, 5) is 4.27. The van der Waals surface area contributed by atoms with Crippen LogP contribution in [0.5, 0.6) is 0 Å². The fourth-order valence-corrected chi connectivity index (χ4v) is 8.66.